The molecule has 0 aliphatic heterocycles. The topological polar surface area (TPSA) is 40.5 Å². The molecule has 0 aliphatic rings. The van der Waals surface area contributed by atoms with E-state index in [2.05, 4.69) is 48.8 Å². The first-order valence-electron chi connectivity index (χ1n) is 16.2. The Kier molecular flexibility index (Phi) is 14.6. The van der Waals surface area contributed by atoms with Crippen molar-refractivity contribution in [3.05, 3.63) is 145 Å². The molecular formula is C40H38BBrF4O2S2. The van der Waals surface area contributed by atoms with Gasteiger partial charge >= 0.3 is 7.12 Å². The fourth-order valence-corrected chi connectivity index (χ4v) is 7.65. The second kappa shape index (κ2) is 18.6. The number of rotatable bonds is 8. The molecule has 2 aromatic heterocycles. The lowest BCUT2D eigenvalue weighted by Gasteiger charge is -2.08. The number of hydrogen-bond donors (Lipinski definition) is 2. The number of aryl methyl sites for hydroxylation is 4. The minimum atomic E-state index is -2.16. The van der Waals surface area contributed by atoms with Crippen LogP contribution in [0.5, 0.6) is 0 Å². The number of thiophene rings is 2. The summed E-state index contributed by atoms with van der Waals surface area (Å²) in [6.45, 7) is 8.23. The molecule has 50 heavy (non-hydrogen) atoms. The Labute approximate surface area is 308 Å². The standard InChI is InChI=1S/C20H18F2S.C15H15BF2O2.C5H5BrS/c1-3-4-14-6-8-15(9-7-14)16-11-17(21)20(18(22)12-16)19-10-5-13(2)23-19;1-2-3-10-4-6-11(7-5-10)12-8-13(17)15(16(19)20)14(18)9-12;1-4-2-3-5(6)7-4/h5-12H,3-4H2,1-2H3;4-9,19-20H,2-3H2,1H3;2-3H,1H3. The number of benzene rings is 4. The summed E-state index contributed by atoms with van der Waals surface area (Å²) in [6, 6.07) is 28.2. The molecule has 4 aromatic carbocycles. The van der Waals surface area contributed by atoms with Crippen molar-refractivity contribution in [2.24, 2.45) is 0 Å². The van der Waals surface area contributed by atoms with E-state index in [1.54, 1.807) is 29.5 Å². The third kappa shape index (κ3) is 10.7. The lowest BCUT2D eigenvalue weighted by molar-refractivity contribution is 0.419. The molecule has 10 heteroatoms. The van der Waals surface area contributed by atoms with Crippen LogP contribution >= 0.6 is 38.6 Å². The largest absolute Gasteiger partial charge is 0.494 e. The quantitative estimate of drug-likeness (QED) is 0.119. The van der Waals surface area contributed by atoms with Crippen molar-refractivity contribution in [2.45, 2.75) is 53.4 Å². The Bertz CT molecular complexity index is 1930. The van der Waals surface area contributed by atoms with Crippen LogP contribution in [-0.2, 0) is 12.8 Å². The molecule has 0 bridgehead atoms. The molecule has 0 radical (unpaired) electrons. The molecule has 0 spiro atoms. The van der Waals surface area contributed by atoms with Crippen molar-refractivity contribution >= 4 is 51.2 Å². The van der Waals surface area contributed by atoms with E-state index in [0.29, 0.717) is 21.6 Å². The highest BCUT2D eigenvalue weighted by Crippen LogP contribution is 2.35. The first kappa shape index (κ1) is 39.3. The average Bonchev–Trinajstić information content (AvgIpc) is 3.67. The molecule has 2 N–H and O–H groups in total. The van der Waals surface area contributed by atoms with Gasteiger partial charge in [-0.2, -0.15) is 0 Å². The van der Waals surface area contributed by atoms with E-state index in [1.165, 1.54) is 43.3 Å². The van der Waals surface area contributed by atoms with Crippen LogP contribution in [0.4, 0.5) is 17.6 Å². The molecular weight excluding hydrogens is 743 g/mol. The Morgan fingerprint density at radius 3 is 1.30 bits per heavy atom. The van der Waals surface area contributed by atoms with Crippen molar-refractivity contribution < 1.29 is 27.6 Å². The van der Waals surface area contributed by atoms with Gasteiger partial charge in [0.1, 0.15) is 23.3 Å². The van der Waals surface area contributed by atoms with Crippen molar-refractivity contribution in [1.29, 1.82) is 0 Å². The van der Waals surface area contributed by atoms with Crippen LogP contribution in [0.15, 0.2) is 101 Å². The summed E-state index contributed by atoms with van der Waals surface area (Å²) in [5.74, 6) is -2.96. The van der Waals surface area contributed by atoms with Gasteiger partial charge < -0.3 is 10.0 Å². The third-order valence-corrected chi connectivity index (χ3v) is 10.3. The first-order chi connectivity index (χ1) is 23.9. The normalized spacial score (nSPS) is 10.6. The molecule has 0 aliphatic carbocycles. The molecule has 0 unspecified atom stereocenters. The van der Waals surface area contributed by atoms with Crippen LogP contribution in [0.3, 0.4) is 0 Å². The molecule has 260 valence electrons. The summed E-state index contributed by atoms with van der Waals surface area (Å²) in [6.07, 6.45) is 4.08. The fraction of sp³-hybridized carbons (Fsp3) is 0.200. The Morgan fingerprint density at radius 1 is 0.560 bits per heavy atom. The number of hydrogen-bond acceptors (Lipinski definition) is 4. The van der Waals surface area contributed by atoms with Crippen LogP contribution in [0, 0.1) is 37.1 Å². The SMILES string of the molecule is CCCc1ccc(-c2cc(F)c(-c3ccc(C)s3)c(F)c2)cc1.CCCc1ccc(-c2cc(F)c(B(O)O)c(F)c2)cc1.Cc1ccc(Br)s1. The maximum absolute atomic E-state index is 14.5. The summed E-state index contributed by atoms with van der Waals surface area (Å²) in [5.41, 5.74) is 4.19. The van der Waals surface area contributed by atoms with E-state index in [4.69, 9.17) is 10.0 Å². The molecule has 6 aromatic rings. The second-order valence-corrected chi connectivity index (χ2v) is 15.7. The maximum Gasteiger partial charge on any atom is 0.494 e. The maximum atomic E-state index is 14.5. The summed E-state index contributed by atoms with van der Waals surface area (Å²) >= 11 is 6.51. The predicted octanol–water partition coefficient (Wildman–Crippen LogP) is 11.7. The highest BCUT2D eigenvalue weighted by atomic mass is 79.9. The predicted molar refractivity (Wildman–Crippen MR) is 206 cm³/mol. The summed E-state index contributed by atoms with van der Waals surface area (Å²) in [7, 11) is -2.16. The highest BCUT2D eigenvalue weighted by molar-refractivity contribution is 9.11. The molecule has 0 fully saturated rings. The van der Waals surface area contributed by atoms with Gasteiger partial charge in [0.25, 0.3) is 0 Å². The van der Waals surface area contributed by atoms with Gasteiger partial charge in [0.2, 0.25) is 0 Å². The molecule has 2 heterocycles. The zero-order valence-electron chi connectivity index (χ0n) is 28.2. The summed E-state index contributed by atoms with van der Waals surface area (Å²) < 4.78 is 57.5. The summed E-state index contributed by atoms with van der Waals surface area (Å²) in [5, 5.41) is 17.8. The minimum absolute atomic E-state index is 0.0643. The van der Waals surface area contributed by atoms with E-state index >= 15 is 0 Å². The monoisotopic (exact) mass is 780 g/mol. The molecule has 0 saturated heterocycles. The van der Waals surface area contributed by atoms with Crippen molar-refractivity contribution in [2.75, 3.05) is 0 Å². The fourth-order valence-electron chi connectivity index (χ4n) is 5.25. The molecule has 2 nitrogen and oxygen atoms in total. The van der Waals surface area contributed by atoms with Gasteiger partial charge in [-0.3, -0.25) is 0 Å². The zero-order valence-corrected chi connectivity index (χ0v) is 31.5. The molecule has 0 amide bonds. The van der Waals surface area contributed by atoms with Gasteiger partial charge in [-0.25, -0.2) is 17.6 Å². The zero-order chi connectivity index (χ0) is 36.4. The van der Waals surface area contributed by atoms with Crippen LogP contribution in [-0.4, -0.2) is 17.2 Å². The Balaban J connectivity index is 0.000000190. The van der Waals surface area contributed by atoms with Gasteiger partial charge in [0, 0.05) is 14.6 Å². The smallest absolute Gasteiger partial charge is 0.423 e. The molecule has 6 rings (SSSR count). The average molecular weight is 782 g/mol. The van der Waals surface area contributed by atoms with Gasteiger partial charge in [-0.05, 0) is 125 Å². The number of halogens is 5. The minimum Gasteiger partial charge on any atom is -0.423 e. The lowest BCUT2D eigenvalue weighted by Crippen LogP contribution is -2.35. The van der Waals surface area contributed by atoms with E-state index in [1.807, 2.05) is 49.4 Å². The van der Waals surface area contributed by atoms with Gasteiger partial charge in [-0.15, -0.1) is 22.7 Å². The lowest BCUT2D eigenvalue weighted by atomic mass is 9.78. The van der Waals surface area contributed by atoms with Crippen LogP contribution in [0.2, 0.25) is 0 Å². The van der Waals surface area contributed by atoms with Gasteiger partial charge in [0.15, 0.2) is 0 Å². The van der Waals surface area contributed by atoms with E-state index in [-0.39, 0.29) is 5.56 Å². The van der Waals surface area contributed by atoms with Gasteiger partial charge in [0.05, 0.1) is 14.8 Å². The van der Waals surface area contributed by atoms with E-state index < -0.39 is 35.9 Å². The van der Waals surface area contributed by atoms with Crippen LogP contribution in [0.1, 0.15) is 47.6 Å². The van der Waals surface area contributed by atoms with E-state index in [0.717, 1.165) is 48.3 Å². The highest BCUT2D eigenvalue weighted by Gasteiger charge is 2.23. The molecule has 0 saturated carbocycles. The Morgan fingerprint density at radius 2 is 0.980 bits per heavy atom. The third-order valence-electron chi connectivity index (χ3n) is 7.73. The van der Waals surface area contributed by atoms with Crippen molar-refractivity contribution in [1.82, 2.24) is 0 Å². The van der Waals surface area contributed by atoms with Crippen molar-refractivity contribution in [3.63, 3.8) is 0 Å². The van der Waals surface area contributed by atoms with Gasteiger partial charge in [-0.1, -0.05) is 75.2 Å². The van der Waals surface area contributed by atoms with Crippen molar-refractivity contribution in [3.8, 4) is 32.7 Å². The van der Waals surface area contributed by atoms with Crippen LogP contribution in [0.25, 0.3) is 32.7 Å². The second-order valence-electron chi connectivity index (χ2n) is 11.7. The van der Waals surface area contributed by atoms with Crippen LogP contribution < -0.4 is 5.46 Å². The molecule has 0 atom stereocenters. The summed E-state index contributed by atoms with van der Waals surface area (Å²) in [4.78, 5) is 3.02. The Hall–Kier alpha value is -3.54. The first-order valence-corrected chi connectivity index (χ1v) is 18.6. The van der Waals surface area contributed by atoms with E-state index in [9.17, 15) is 17.6 Å².